The Balaban J connectivity index is 1.32. The first-order valence-corrected chi connectivity index (χ1v) is 9.59. The largest absolute Gasteiger partial charge is 0.494 e. The number of ether oxygens (including phenoxy) is 2. The average Bonchev–Trinajstić information content (AvgIpc) is 3.14. The van der Waals surface area contributed by atoms with Crippen LogP contribution in [0.2, 0.25) is 0 Å². The third kappa shape index (κ3) is 6.71. The summed E-state index contributed by atoms with van der Waals surface area (Å²) in [4.78, 5) is 12.0. The minimum Gasteiger partial charge on any atom is -0.494 e. The number of anilines is 1. The van der Waals surface area contributed by atoms with Crippen LogP contribution in [-0.2, 0) is 11.2 Å². The van der Waals surface area contributed by atoms with Crippen LogP contribution < -0.4 is 14.8 Å². The van der Waals surface area contributed by atoms with Gasteiger partial charge >= 0.3 is 0 Å². The van der Waals surface area contributed by atoms with Gasteiger partial charge in [-0.1, -0.05) is 47.7 Å². The van der Waals surface area contributed by atoms with Crippen molar-refractivity contribution in [1.82, 2.24) is 10.2 Å². The van der Waals surface area contributed by atoms with E-state index >= 15 is 0 Å². The molecule has 1 amide bonds. The van der Waals surface area contributed by atoms with E-state index in [0.29, 0.717) is 37.6 Å². The van der Waals surface area contributed by atoms with Crippen LogP contribution in [0.5, 0.6) is 11.5 Å². The summed E-state index contributed by atoms with van der Waals surface area (Å²) in [5.74, 6) is 1.55. The monoisotopic (exact) mass is 383 g/mol. The van der Waals surface area contributed by atoms with E-state index in [1.54, 1.807) is 0 Å². The zero-order chi connectivity index (χ0) is 18.7. The van der Waals surface area contributed by atoms with E-state index in [9.17, 15) is 4.79 Å². The van der Waals surface area contributed by atoms with Crippen molar-refractivity contribution in [2.75, 3.05) is 18.5 Å². The van der Waals surface area contributed by atoms with Crippen LogP contribution in [0.1, 0.15) is 17.8 Å². The van der Waals surface area contributed by atoms with E-state index in [2.05, 4.69) is 15.5 Å². The highest BCUT2D eigenvalue weighted by Crippen LogP contribution is 2.17. The molecule has 140 valence electrons. The van der Waals surface area contributed by atoms with Gasteiger partial charge in [-0.2, -0.15) is 0 Å². The van der Waals surface area contributed by atoms with E-state index in [1.165, 1.54) is 11.3 Å². The van der Waals surface area contributed by atoms with E-state index < -0.39 is 0 Å². The molecule has 3 rings (SSSR count). The maximum absolute atomic E-state index is 12.0. The predicted octanol–water partition coefficient (Wildman–Crippen LogP) is 3.96. The number of para-hydroxylation sites is 2. The van der Waals surface area contributed by atoms with Crippen molar-refractivity contribution in [2.45, 2.75) is 19.3 Å². The zero-order valence-electron chi connectivity index (χ0n) is 14.8. The molecule has 1 aromatic heterocycles. The van der Waals surface area contributed by atoms with Gasteiger partial charge < -0.3 is 14.8 Å². The molecule has 0 saturated heterocycles. The Bertz CT molecular complexity index is 825. The number of hydrogen-bond acceptors (Lipinski definition) is 6. The molecular formula is C20H21N3O3S. The molecule has 7 heteroatoms. The van der Waals surface area contributed by atoms with Gasteiger partial charge in [-0.3, -0.25) is 4.79 Å². The van der Waals surface area contributed by atoms with Crippen molar-refractivity contribution in [1.29, 1.82) is 0 Å². The molecule has 6 nitrogen and oxygen atoms in total. The van der Waals surface area contributed by atoms with Crippen molar-refractivity contribution in [2.24, 2.45) is 0 Å². The molecule has 0 atom stereocenters. The van der Waals surface area contributed by atoms with Crippen LogP contribution in [0.4, 0.5) is 5.13 Å². The Morgan fingerprint density at radius 3 is 2.19 bits per heavy atom. The number of amides is 1. The maximum atomic E-state index is 12.0. The molecule has 0 fully saturated rings. The number of aromatic nitrogens is 2. The van der Waals surface area contributed by atoms with E-state index in [1.807, 2.05) is 60.7 Å². The molecule has 0 saturated carbocycles. The quantitative estimate of drug-likeness (QED) is 0.537. The Kier molecular flexibility index (Phi) is 7.17. The zero-order valence-corrected chi connectivity index (χ0v) is 15.7. The lowest BCUT2D eigenvalue weighted by Gasteiger charge is -2.05. The smallest absolute Gasteiger partial charge is 0.226 e. The van der Waals surface area contributed by atoms with Crippen LogP contribution in [0, 0.1) is 0 Å². The molecular weight excluding hydrogens is 362 g/mol. The second-order valence-electron chi connectivity index (χ2n) is 5.73. The Morgan fingerprint density at radius 2 is 1.52 bits per heavy atom. The van der Waals surface area contributed by atoms with Gasteiger partial charge in [0.1, 0.15) is 16.5 Å². The summed E-state index contributed by atoms with van der Waals surface area (Å²) in [6.07, 6.45) is 1.66. The predicted molar refractivity (Wildman–Crippen MR) is 105 cm³/mol. The number of hydrogen-bond donors (Lipinski definition) is 1. The molecule has 0 unspecified atom stereocenters. The molecule has 1 heterocycles. The first-order valence-electron chi connectivity index (χ1n) is 8.77. The average molecular weight is 383 g/mol. The number of benzene rings is 2. The summed E-state index contributed by atoms with van der Waals surface area (Å²) >= 11 is 1.37. The van der Waals surface area contributed by atoms with Gasteiger partial charge in [0.15, 0.2) is 0 Å². The Hall–Kier alpha value is -2.93. The van der Waals surface area contributed by atoms with Crippen LogP contribution in [0.15, 0.2) is 60.7 Å². The van der Waals surface area contributed by atoms with Gasteiger partial charge in [0, 0.05) is 12.8 Å². The fraction of sp³-hybridized carbons (Fsp3) is 0.250. The van der Waals surface area contributed by atoms with Crippen LogP contribution in [0.25, 0.3) is 0 Å². The molecule has 0 aliphatic heterocycles. The van der Waals surface area contributed by atoms with Gasteiger partial charge in [0.2, 0.25) is 11.0 Å². The molecule has 0 aliphatic rings. The Morgan fingerprint density at radius 1 is 0.889 bits per heavy atom. The summed E-state index contributed by atoms with van der Waals surface area (Å²) < 4.78 is 11.2. The van der Waals surface area contributed by atoms with Crippen molar-refractivity contribution in [3.05, 3.63) is 65.7 Å². The minimum atomic E-state index is -0.0881. The highest BCUT2D eigenvalue weighted by Gasteiger charge is 2.08. The van der Waals surface area contributed by atoms with Crippen molar-refractivity contribution in [3.8, 4) is 11.5 Å². The molecule has 0 aliphatic carbocycles. The summed E-state index contributed by atoms with van der Waals surface area (Å²) in [6.45, 7) is 1.01. The van der Waals surface area contributed by atoms with Crippen LogP contribution in [-0.4, -0.2) is 29.3 Å². The van der Waals surface area contributed by atoms with E-state index in [4.69, 9.17) is 9.47 Å². The molecule has 1 N–H and O–H groups in total. The van der Waals surface area contributed by atoms with Crippen molar-refractivity contribution >= 4 is 22.4 Å². The SMILES string of the molecule is O=C(CCCOc1ccccc1)Nc1nnc(CCOc2ccccc2)s1. The summed E-state index contributed by atoms with van der Waals surface area (Å²) in [5.41, 5.74) is 0. The molecule has 2 aromatic carbocycles. The fourth-order valence-electron chi connectivity index (χ4n) is 2.30. The second-order valence-corrected chi connectivity index (χ2v) is 6.79. The van der Waals surface area contributed by atoms with E-state index in [0.717, 1.165) is 16.5 Å². The summed E-state index contributed by atoms with van der Waals surface area (Å²) in [5, 5.41) is 12.2. The van der Waals surface area contributed by atoms with Gasteiger partial charge in [0.05, 0.1) is 13.2 Å². The topological polar surface area (TPSA) is 73.3 Å². The second kappa shape index (κ2) is 10.3. The summed E-state index contributed by atoms with van der Waals surface area (Å²) in [6, 6.07) is 19.2. The lowest BCUT2D eigenvalue weighted by atomic mass is 10.3. The van der Waals surface area contributed by atoms with Gasteiger partial charge in [-0.25, -0.2) is 0 Å². The molecule has 27 heavy (non-hydrogen) atoms. The van der Waals surface area contributed by atoms with E-state index in [-0.39, 0.29) is 5.91 Å². The number of nitrogens with one attached hydrogen (secondary N) is 1. The molecule has 0 radical (unpaired) electrons. The third-order valence-corrected chi connectivity index (χ3v) is 4.50. The van der Waals surface area contributed by atoms with Crippen molar-refractivity contribution < 1.29 is 14.3 Å². The van der Waals surface area contributed by atoms with Gasteiger partial charge in [0.25, 0.3) is 0 Å². The molecule has 0 bridgehead atoms. The van der Waals surface area contributed by atoms with Crippen molar-refractivity contribution in [3.63, 3.8) is 0 Å². The number of carbonyl (C=O) groups excluding carboxylic acids is 1. The number of nitrogens with zero attached hydrogens (tertiary/aromatic N) is 2. The van der Waals surface area contributed by atoms with Crippen LogP contribution >= 0.6 is 11.3 Å². The highest BCUT2D eigenvalue weighted by atomic mass is 32.1. The standard InChI is InChI=1S/C20H21N3O3S/c24-18(12-7-14-25-16-8-3-1-4-9-16)21-20-23-22-19(27-20)13-15-26-17-10-5-2-6-11-17/h1-6,8-11H,7,12-15H2,(H,21,23,24). The maximum Gasteiger partial charge on any atom is 0.226 e. The molecule has 0 spiro atoms. The third-order valence-electron chi connectivity index (χ3n) is 3.60. The first kappa shape index (κ1) is 18.8. The number of carbonyl (C=O) groups is 1. The number of rotatable bonds is 10. The first-order chi connectivity index (χ1) is 13.3. The minimum absolute atomic E-state index is 0.0881. The van der Waals surface area contributed by atoms with Gasteiger partial charge in [-0.05, 0) is 30.7 Å². The lowest BCUT2D eigenvalue weighted by Crippen LogP contribution is -2.12. The normalized spacial score (nSPS) is 10.4. The Labute approximate surface area is 162 Å². The lowest BCUT2D eigenvalue weighted by molar-refractivity contribution is -0.116. The van der Waals surface area contributed by atoms with Crippen LogP contribution in [0.3, 0.4) is 0 Å². The van der Waals surface area contributed by atoms with Gasteiger partial charge in [-0.15, -0.1) is 10.2 Å². The molecule has 3 aromatic rings. The fourth-order valence-corrected chi connectivity index (χ4v) is 3.04. The highest BCUT2D eigenvalue weighted by molar-refractivity contribution is 7.15. The summed E-state index contributed by atoms with van der Waals surface area (Å²) in [7, 11) is 0.